The normalized spacial score (nSPS) is 10.6. The first-order valence-corrected chi connectivity index (χ1v) is 8.43. The van der Waals surface area contributed by atoms with E-state index in [2.05, 4.69) is 17.2 Å². The first-order valence-electron chi connectivity index (χ1n) is 7.62. The predicted octanol–water partition coefficient (Wildman–Crippen LogP) is 3.56. The number of hydrogen-bond donors (Lipinski definition) is 1. The number of nitrogens with zero attached hydrogens (tertiary/aromatic N) is 1. The van der Waals surface area contributed by atoms with E-state index < -0.39 is 0 Å². The van der Waals surface area contributed by atoms with E-state index >= 15 is 0 Å². The van der Waals surface area contributed by atoms with Gasteiger partial charge in [0.15, 0.2) is 0 Å². The number of rotatable bonds is 8. The molecular weight excluding hydrogens is 296 g/mol. The predicted molar refractivity (Wildman–Crippen MR) is 89.1 cm³/mol. The lowest BCUT2D eigenvalue weighted by atomic mass is 10.1. The van der Waals surface area contributed by atoms with E-state index in [1.807, 2.05) is 31.2 Å². The van der Waals surface area contributed by atoms with Gasteiger partial charge in [0.05, 0.1) is 17.8 Å². The topological polar surface area (TPSA) is 51.2 Å². The largest absolute Gasteiger partial charge is 0.377 e. The SMILES string of the molecule is CCCOCc1ccccc1CNC(=O)c1cnc(CC)s1. The van der Waals surface area contributed by atoms with Gasteiger partial charge in [0.1, 0.15) is 4.88 Å². The van der Waals surface area contributed by atoms with Crippen LogP contribution in [0.2, 0.25) is 0 Å². The molecule has 0 aliphatic rings. The molecule has 5 heteroatoms. The zero-order chi connectivity index (χ0) is 15.8. The van der Waals surface area contributed by atoms with Gasteiger partial charge in [-0.2, -0.15) is 0 Å². The summed E-state index contributed by atoms with van der Waals surface area (Å²) in [6, 6.07) is 8.04. The molecular formula is C17H22N2O2S. The van der Waals surface area contributed by atoms with Crippen molar-refractivity contribution in [1.82, 2.24) is 10.3 Å². The Balaban J connectivity index is 1.94. The minimum atomic E-state index is -0.0681. The Labute approximate surface area is 135 Å². The number of thiazole rings is 1. The second-order valence-corrected chi connectivity index (χ2v) is 6.09. The van der Waals surface area contributed by atoms with Crippen molar-refractivity contribution in [2.24, 2.45) is 0 Å². The molecule has 2 aromatic rings. The van der Waals surface area contributed by atoms with Crippen molar-refractivity contribution in [3.63, 3.8) is 0 Å². The maximum atomic E-state index is 12.1. The van der Waals surface area contributed by atoms with Crippen LogP contribution in [-0.2, 0) is 24.3 Å². The fourth-order valence-electron chi connectivity index (χ4n) is 2.04. The summed E-state index contributed by atoms with van der Waals surface area (Å²) in [5, 5.41) is 3.94. The van der Waals surface area contributed by atoms with Crippen LogP contribution >= 0.6 is 11.3 Å². The van der Waals surface area contributed by atoms with Crippen LogP contribution in [0.1, 0.15) is 46.1 Å². The summed E-state index contributed by atoms with van der Waals surface area (Å²) in [5.74, 6) is -0.0681. The van der Waals surface area contributed by atoms with E-state index in [1.165, 1.54) is 11.3 Å². The lowest BCUT2D eigenvalue weighted by Crippen LogP contribution is -2.22. The minimum absolute atomic E-state index is 0.0681. The Morgan fingerprint density at radius 2 is 2.05 bits per heavy atom. The number of aromatic nitrogens is 1. The van der Waals surface area contributed by atoms with Gasteiger partial charge < -0.3 is 10.1 Å². The average molecular weight is 318 g/mol. The van der Waals surface area contributed by atoms with Crippen molar-refractivity contribution in [2.45, 2.75) is 39.8 Å². The molecule has 0 aliphatic heterocycles. The average Bonchev–Trinajstić information content (AvgIpc) is 3.03. The van der Waals surface area contributed by atoms with Crippen LogP contribution in [0.5, 0.6) is 0 Å². The summed E-state index contributed by atoms with van der Waals surface area (Å²) < 4.78 is 5.60. The van der Waals surface area contributed by atoms with Gasteiger partial charge in [0, 0.05) is 13.2 Å². The molecule has 0 unspecified atom stereocenters. The number of ether oxygens (including phenoxy) is 1. The quantitative estimate of drug-likeness (QED) is 0.757. The number of benzene rings is 1. The summed E-state index contributed by atoms with van der Waals surface area (Å²) in [6.07, 6.45) is 3.51. The maximum Gasteiger partial charge on any atom is 0.263 e. The Kier molecular flexibility index (Phi) is 6.55. The van der Waals surface area contributed by atoms with Crippen LogP contribution < -0.4 is 5.32 Å². The van der Waals surface area contributed by atoms with Gasteiger partial charge in [-0.25, -0.2) is 4.98 Å². The first-order chi connectivity index (χ1) is 10.7. The van der Waals surface area contributed by atoms with E-state index in [1.54, 1.807) is 6.20 Å². The lowest BCUT2D eigenvalue weighted by Gasteiger charge is -2.10. The fraction of sp³-hybridized carbons (Fsp3) is 0.412. The van der Waals surface area contributed by atoms with Crippen molar-refractivity contribution >= 4 is 17.2 Å². The minimum Gasteiger partial charge on any atom is -0.377 e. The highest BCUT2D eigenvalue weighted by Crippen LogP contribution is 2.14. The number of nitrogens with one attached hydrogen (secondary N) is 1. The smallest absolute Gasteiger partial charge is 0.263 e. The third kappa shape index (κ3) is 4.64. The molecule has 118 valence electrons. The van der Waals surface area contributed by atoms with Crippen molar-refractivity contribution in [3.8, 4) is 0 Å². The number of carbonyl (C=O) groups is 1. The van der Waals surface area contributed by atoms with Gasteiger partial charge in [-0.3, -0.25) is 4.79 Å². The van der Waals surface area contributed by atoms with E-state index in [0.717, 1.165) is 35.6 Å². The molecule has 0 aliphatic carbocycles. The number of aryl methyl sites for hydroxylation is 1. The number of amides is 1. The summed E-state index contributed by atoms with van der Waals surface area (Å²) in [6.45, 7) is 5.96. The molecule has 22 heavy (non-hydrogen) atoms. The number of hydrogen-bond acceptors (Lipinski definition) is 4. The van der Waals surface area contributed by atoms with E-state index in [-0.39, 0.29) is 5.91 Å². The second kappa shape index (κ2) is 8.66. The van der Waals surface area contributed by atoms with Crippen molar-refractivity contribution in [2.75, 3.05) is 6.61 Å². The third-order valence-corrected chi connectivity index (χ3v) is 4.38. The summed E-state index contributed by atoms with van der Waals surface area (Å²) >= 11 is 1.45. The molecule has 1 amide bonds. The highest BCUT2D eigenvalue weighted by atomic mass is 32.1. The third-order valence-electron chi connectivity index (χ3n) is 3.24. The Hall–Kier alpha value is -1.72. The van der Waals surface area contributed by atoms with Gasteiger partial charge in [0.25, 0.3) is 5.91 Å². The van der Waals surface area contributed by atoms with Crippen LogP contribution in [0.3, 0.4) is 0 Å². The number of carbonyl (C=O) groups excluding carboxylic acids is 1. The van der Waals surface area contributed by atoms with Crippen LogP contribution in [0.25, 0.3) is 0 Å². The molecule has 0 bridgehead atoms. The van der Waals surface area contributed by atoms with Crippen molar-refractivity contribution in [3.05, 3.63) is 51.5 Å². The molecule has 0 saturated heterocycles. The van der Waals surface area contributed by atoms with Crippen LogP contribution in [0, 0.1) is 0 Å². The molecule has 1 aromatic heterocycles. The second-order valence-electron chi connectivity index (χ2n) is 4.98. The van der Waals surface area contributed by atoms with E-state index in [0.29, 0.717) is 18.0 Å². The van der Waals surface area contributed by atoms with Gasteiger partial charge >= 0.3 is 0 Å². The Bertz CT molecular complexity index is 610. The Morgan fingerprint density at radius 1 is 1.27 bits per heavy atom. The summed E-state index contributed by atoms with van der Waals surface area (Å²) in [7, 11) is 0. The molecule has 0 radical (unpaired) electrons. The molecule has 0 fully saturated rings. The lowest BCUT2D eigenvalue weighted by molar-refractivity contribution is 0.0953. The molecule has 2 rings (SSSR count). The molecule has 1 N–H and O–H groups in total. The molecule has 1 heterocycles. The van der Waals surface area contributed by atoms with Gasteiger partial charge in [-0.05, 0) is 24.0 Å². The monoisotopic (exact) mass is 318 g/mol. The molecule has 0 atom stereocenters. The molecule has 1 aromatic carbocycles. The zero-order valence-electron chi connectivity index (χ0n) is 13.1. The summed E-state index contributed by atoms with van der Waals surface area (Å²) in [5.41, 5.74) is 2.21. The first kappa shape index (κ1) is 16.6. The van der Waals surface area contributed by atoms with Crippen molar-refractivity contribution in [1.29, 1.82) is 0 Å². The molecule has 0 spiro atoms. The van der Waals surface area contributed by atoms with Gasteiger partial charge in [0.2, 0.25) is 0 Å². The maximum absolute atomic E-state index is 12.1. The standard InChI is InChI=1S/C17H22N2O2S/c1-3-9-21-12-14-8-6-5-7-13(14)10-19-17(20)15-11-18-16(4-2)22-15/h5-8,11H,3-4,9-10,12H2,1-2H3,(H,19,20). The van der Waals surface area contributed by atoms with Crippen LogP contribution in [0.15, 0.2) is 30.5 Å². The van der Waals surface area contributed by atoms with Crippen molar-refractivity contribution < 1.29 is 9.53 Å². The highest BCUT2D eigenvalue weighted by molar-refractivity contribution is 7.13. The Morgan fingerprint density at radius 3 is 2.73 bits per heavy atom. The van der Waals surface area contributed by atoms with Gasteiger partial charge in [-0.1, -0.05) is 38.1 Å². The van der Waals surface area contributed by atoms with E-state index in [4.69, 9.17) is 4.74 Å². The van der Waals surface area contributed by atoms with Crippen LogP contribution in [-0.4, -0.2) is 17.5 Å². The molecule has 4 nitrogen and oxygen atoms in total. The zero-order valence-corrected chi connectivity index (χ0v) is 13.9. The van der Waals surface area contributed by atoms with E-state index in [9.17, 15) is 4.79 Å². The van der Waals surface area contributed by atoms with Crippen LogP contribution in [0.4, 0.5) is 0 Å². The van der Waals surface area contributed by atoms with Gasteiger partial charge in [-0.15, -0.1) is 11.3 Å². The highest BCUT2D eigenvalue weighted by Gasteiger charge is 2.10. The fourth-order valence-corrected chi connectivity index (χ4v) is 2.81. The summed E-state index contributed by atoms with van der Waals surface area (Å²) in [4.78, 5) is 17.0. The molecule has 0 saturated carbocycles.